The second-order valence-corrected chi connectivity index (χ2v) is 6.46. The van der Waals surface area contributed by atoms with Gasteiger partial charge in [-0.05, 0) is 64.7 Å². The number of nitriles is 1. The smallest absolute Gasteiger partial charge is 0.266 e. The Balaban J connectivity index is 2.34. The zero-order valence-corrected chi connectivity index (χ0v) is 17.1. The first-order valence-corrected chi connectivity index (χ1v) is 9.34. The van der Waals surface area contributed by atoms with Crippen molar-refractivity contribution in [3.05, 3.63) is 57.6 Å². The lowest BCUT2D eigenvalue weighted by Crippen LogP contribution is -2.14. The molecule has 0 spiro atoms. The van der Waals surface area contributed by atoms with Gasteiger partial charge in [0.1, 0.15) is 11.6 Å². The van der Waals surface area contributed by atoms with E-state index in [0.29, 0.717) is 33.8 Å². The molecular weight excluding hydrogens is 408 g/mol. The quantitative estimate of drug-likeness (QED) is 0.499. The van der Waals surface area contributed by atoms with Crippen LogP contribution in [0.15, 0.2) is 46.4 Å². The van der Waals surface area contributed by atoms with E-state index in [0.717, 1.165) is 12.0 Å². The Morgan fingerprint density at radius 2 is 2.04 bits per heavy atom. The van der Waals surface area contributed by atoms with Crippen LogP contribution in [-0.4, -0.2) is 19.6 Å². The van der Waals surface area contributed by atoms with E-state index >= 15 is 0 Å². The third kappa shape index (κ3) is 5.11. The molecule has 0 atom stereocenters. The van der Waals surface area contributed by atoms with Gasteiger partial charge in [0.2, 0.25) is 0 Å². The molecule has 0 fully saturated rings. The maximum absolute atomic E-state index is 12.6. The average Bonchev–Trinajstić information content (AvgIpc) is 2.68. The number of para-hydroxylation sites is 1. The van der Waals surface area contributed by atoms with E-state index in [1.54, 1.807) is 12.1 Å². The highest BCUT2D eigenvalue weighted by molar-refractivity contribution is 9.10. The maximum Gasteiger partial charge on any atom is 0.266 e. The first-order valence-electron chi connectivity index (χ1n) is 8.55. The summed E-state index contributed by atoms with van der Waals surface area (Å²) in [6.45, 7) is 4.38. The molecule has 0 saturated carbocycles. The molecule has 0 aromatic heterocycles. The standard InChI is InChI=1S/C21H21BrN2O3/c1-4-15-8-6-7-9-18(15)24-21(25)16(13-23)10-14-11-17(22)20(27-5-2)19(12-14)26-3/h6-12H,4-5H2,1-3H3,(H,24,25)/b16-10+. The van der Waals surface area contributed by atoms with Crippen LogP contribution in [0.4, 0.5) is 5.69 Å². The van der Waals surface area contributed by atoms with Crippen molar-refractivity contribution in [3.63, 3.8) is 0 Å². The Bertz CT molecular complexity index is 901. The number of benzene rings is 2. The van der Waals surface area contributed by atoms with Crippen LogP contribution in [0.5, 0.6) is 11.5 Å². The molecule has 2 aromatic rings. The minimum atomic E-state index is -0.456. The van der Waals surface area contributed by atoms with E-state index in [-0.39, 0.29) is 5.57 Å². The summed E-state index contributed by atoms with van der Waals surface area (Å²) in [4.78, 5) is 12.6. The van der Waals surface area contributed by atoms with Crippen molar-refractivity contribution < 1.29 is 14.3 Å². The Labute approximate surface area is 167 Å². The fraction of sp³-hybridized carbons (Fsp3) is 0.238. The van der Waals surface area contributed by atoms with Gasteiger partial charge < -0.3 is 14.8 Å². The number of nitrogens with one attached hydrogen (secondary N) is 1. The molecule has 0 saturated heterocycles. The van der Waals surface area contributed by atoms with Crippen molar-refractivity contribution in [2.45, 2.75) is 20.3 Å². The summed E-state index contributed by atoms with van der Waals surface area (Å²) in [5.41, 5.74) is 2.36. The third-order valence-corrected chi connectivity index (χ3v) is 4.45. The highest BCUT2D eigenvalue weighted by Crippen LogP contribution is 2.37. The van der Waals surface area contributed by atoms with Gasteiger partial charge in [-0.2, -0.15) is 5.26 Å². The number of anilines is 1. The molecule has 140 valence electrons. The lowest BCUT2D eigenvalue weighted by Gasteiger charge is -2.12. The van der Waals surface area contributed by atoms with Crippen molar-refractivity contribution in [2.75, 3.05) is 19.0 Å². The Morgan fingerprint density at radius 3 is 2.67 bits per heavy atom. The van der Waals surface area contributed by atoms with Crippen LogP contribution in [0.25, 0.3) is 6.08 Å². The molecule has 6 heteroatoms. The van der Waals surface area contributed by atoms with Gasteiger partial charge in [-0.15, -0.1) is 0 Å². The Kier molecular flexibility index (Phi) is 7.44. The minimum Gasteiger partial charge on any atom is -0.493 e. The number of halogens is 1. The molecule has 1 amide bonds. The number of carbonyl (C=O) groups is 1. The fourth-order valence-corrected chi connectivity index (χ4v) is 3.14. The van der Waals surface area contributed by atoms with E-state index in [9.17, 15) is 10.1 Å². The van der Waals surface area contributed by atoms with Crippen LogP contribution in [0.3, 0.4) is 0 Å². The van der Waals surface area contributed by atoms with E-state index in [1.165, 1.54) is 13.2 Å². The zero-order chi connectivity index (χ0) is 19.8. The number of amides is 1. The zero-order valence-electron chi connectivity index (χ0n) is 15.5. The van der Waals surface area contributed by atoms with Crippen molar-refractivity contribution in [3.8, 4) is 17.6 Å². The fourth-order valence-electron chi connectivity index (χ4n) is 2.56. The largest absolute Gasteiger partial charge is 0.493 e. The second kappa shape index (κ2) is 9.79. The number of hydrogen-bond acceptors (Lipinski definition) is 4. The van der Waals surface area contributed by atoms with Gasteiger partial charge in [-0.3, -0.25) is 4.79 Å². The molecule has 2 aromatic carbocycles. The molecule has 0 aliphatic heterocycles. The molecule has 2 rings (SSSR count). The van der Waals surface area contributed by atoms with Crippen LogP contribution in [-0.2, 0) is 11.2 Å². The molecule has 0 radical (unpaired) electrons. The summed E-state index contributed by atoms with van der Waals surface area (Å²) in [5.74, 6) is 0.644. The van der Waals surface area contributed by atoms with Crippen molar-refractivity contribution >= 4 is 33.6 Å². The molecule has 0 aliphatic rings. The van der Waals surface area contributed by atoms with E-state index in [2.05, 4.69) is 21.2 Å². The van der Waals surface area contributed by atoms with Crippen molar-refractivity contribution in [2.24, 2.45) is 0 Å². The summed E-state index contributed by atoms with van der Waals surface area (Å²) in [6.07, 6.45) is 2.30. The van der Waals surface area contributed by atoms with Gasteiger partial charge >= 0.3 is 0 Å². The Morgan fingerprint density at radius 1 is 1.30 bits per heavy atom. The molecular formula is C21H21BrN2O3. The van der Waals surface area contributed by atoms with Crippen LogP contribution in [0, 0.1) is 11.3 Å². The van der Waals surface area contributed by atoms with Gasteiger partial charge in [0.25, 0.3) is 5.91 Å². The highest BCUT2D eigenvalue weighted by Gasteiger charge is 2.14. The predicted molar refractivity (Wildman–Crippen MR) is 110 cm³/mol. The second-order valence-electron chi connectivity index (χ2n) is 5.60. The van der Waals surface area contributed by atoms with Gasteiger partial charge in [-0.25, -0.2) is 0 Å². The van der Waals surface area contributed by atoms with E-state index in [1.807, 2.05) is 44.2 Å². The number of hydrogen-bond donors (Lipinski definition) is 1. The SMILES string of the molecule is CCOc1c(Br)cc(/C=C(\C#N)C(=O)Nc2ccccc2CC)cc1OC. The average molecular weight is 429 g/mol. The monoisotopic (exact) mass is 428 g/mol. The summed E-state index contributed by atoms with van der Waals surface area (Å²) < 4.78 is 11.6. The minimum absolute atomic E-state index is 0.000908. The van der Waals surface area contributed by atoms with Gasteiger partial charge in [-0.1, -0.05) is 25.1 Å². The topological polar surface area (TPSA) is 71.3 Å². The lowest BCUT2D eigenvalue weighted by atomic mass is 10.1. The summed E-state index contributed by atoms with van der Waals surface area (Å²) in [7, 11) is 1.54. The molecule has 5 nitrogen and oxygen atoms in total. The molecule has 0 aliphatic carbocycles. The molecule has 27 heavy (non-hydrogen) atoms. The van der Waals surface area contributed by atoms with Gasteiger partial charge in [0.05, 0.1) is 18.2 Å². The van der Waals surface area contributed by atoms with Crippen LogP contribution in [0.1, 0.15) is 25.0 Å². The first-order chi connectivity index (χ1) is 13.0. The number of carbonyl (C=O) groups excluding carboxylic acids is 1. The number of methoxy groups -OCH3 is 1. The van der Waals surface area contributed by atoms with Crippen LogP contribution < -0.4 is 14.8 Å². The highest BCUT2D eigenvalue weighted by atomic mass is 79.9. The summed E-state index contributed by atoms with van der Waals surface area (Å²) >= 11 is 3.44. The first kappa shape index (κ1) is 20.5. The van der Waals surface area contributed by atoms with Gasteiger partial charge in [0.15, 0.2) is 11.5 Å². The molecule has 0 heterocycles. The van der Waals surface area contributed by atoms with E-state index in [4.69, 9.17) is 9.47 Å². The molecule has 1 N–H and O–H groups in total. The molecule has 0 unspecified atom stereocenters. The number of nitrogens with zero attached hydrogens (tertiary/aromatic N) is 1. The van der Waals surface area contributed by atoms with Crippen LogP contribution in [0.2, 0.25) is 0 Å². The van der Waals surface area contributed by atoms with Crippen molar-refractivity contribution in [1.29, 1.82) is 5.26 Å². The third-order valence-electron chi connectivity index (χ3n) is 3.86. The number of aryl methyl sites for hydroxylation is 1. The lowest BCUT2D eigenvalue weighted by molar-refractivity contribution is -0.112. The van der Waals surface area contributed by atoms with Crippen LogP contribution >= 0.6 is 15.9 Å². The molecule has 0 bridgehead atoms. The summed E-state index contributed by atoms with van der Waals surface area (Å²) in [5, 5.41) is 12.3. The predicted octanol–water partition coefficient (Wildman–Crippen LogP) is 4.96. The number of ether oxygens (including phenoxy) is 2. The van der Waals surface area contributed by atoms with Gasteiger partial charge in [0, 0.05) is 5.69 Å². The van der Waals surface area contributed by atoms with E-state index < -0.39 is 5.91 Å². The van der Waals surface area contributed by atoms with Crippen molar-refractivity contribution in [1.82, 2.24) is 0 Å². The Hall–Kier alpha value is -2.78. The summed E-state index contributed by atoms with van der Waals surface area (Å²) in [6, 6.07) is 13.0. The maximum atomic E-state index is 12.6. The normalized spacial score (nSPS) is 10.9. The number of rotatable bonds is 7.